The molecule has 1 aliphatic heterocycles. The van der Waals surface area contributed by atoms with Gasteiger partial charge in [-0.3, -0.25) is 4.79 Å². The Morgan fingerprint density at radius 3 is 2.03 bits per heavy atom. The molecule has 3 aromatic carbocycles. The Bertz CT molecular complexity index is 1140. The summed E-state index contributed by atoms with van der Waals surface area (Å²) in [6, 6.07) is 25.5. The van der Waals surface area contributed by atoms with Gasteiger partial charge in [-0.25, -0.2) is 8.42 Å². The van der Waals surface area contributed by atoms with Crippen LogP contribution in [0.15, 0.2) is 89.8 Å². The fourth-order valence-corrected chi connectivity index (χ4v) is 5.58. The van der Waals surface area contributed by atoms with Crippen LogP contribution < -0.4 is 10.2 Å². The van der Waals surface area contributed by atoms with Gasteiger partial charge in [0, 0.05) is 11.3 Å². The lowest BCUT2D eigenvalue weighted by Gasteiger charge is -2.35. The number of sulfonamides is 1. The van der Waals surface area contributed by atoms with Gasteiger partial charge in [-0.1, -0.05) is 66.2 Å². The Morgan fingerprint density at radius 2 is 1.44 bits per heavy atom. The molecular weight excluding hydrogens is 422 g/mol. The first-order valence-electron chi connectivity index (χ1n) is 10.8. The van der Waals surface area contributed by atoms with Crippen LogP contribution in [-0.4, -0.2) is 44.8 Å². The maximum absolute atomic E-state index is 13.3. The van der Waals surface area contributed by atoms with E-state index in [4.69, 9.17) is 0 Å². The first-order chi connectivity index (χ1) is 15.4. The second-order valence-corrected chi connectivity index (χ2v) is 10.0. The number of aryl methyl sites for hydroxylation is 1. The van der Waals surface area contributed by atoms with E-state index in [9.17, 15) is 13.2 Å². The highest BCUT2D eigenvalue weighted by atomic mass is 32.2. The zero-order chi connectivity index (χ0) is 22.6. The molecule has 1 fully saturated rings. The van der Waals surface area contributed by atoms with Crippen molar-refractivity contribution in [2.24, 2.45) is 0 Å². The average Bonchev–Trinajstić information content (AvgIpc) is 2.82. The van der Waals surface area contributed by atoms with E-state index < -0.39 is 16.1 Å². The molecule has 0 aliphatic carbocycles. The van der Waals surface area contributed by atoms with Crippen LogP contribution >= 0.6 is 0 Å². The minimum atomic E-state index is -3.53. The first kappa shape index (κ1) is 22.2. The summed E-state index contributed by atoms with van der Waals surface area (Å²) in [6.07, 6.45) is 0. The molecule has 1 amide bonds. The SMILES string of the molecule is Cc1ccc(NC(=O)[C@@H](c2ccccc2)[NH+]2CCN(S(=O)(=O)c3ccccc3)CC2)cc1. The number of carbonyl (C=O) groups excluding carboxylic acids is 1. The predicted molar refractivity (Wildman–Crippen MR) is 125 cm³/mol. The van der Waals surface area contributed by atoms with Gasteiger partial charge in [-0.2, -0.15) is 4.31 Å². The van der Waals surface area contributed by atoms with Gasteiger partial charge in [-0.05, 0) is 31.2 Å². The fourth-order valence-electron chi connectivity index (χ4n) is 4.11. The average molecular weight is 451 g/mol. The molecular formula is C25H28N3O3S+. The third kappa shape index (κ3) is 4.91. The molecule has 4 rings (SSSR count). The summed E-state index contributed by atoms with van der Waals surface area (Å²) in [5, 5.41) is 3.04. The third-order valence-electron chi connectivity index (χ3n) is 5.87. The third-order valence-corrected chi connectivity index (χ3v) is 7.78. The molecule has 2 N–H and O–H groups in total. The highest BCUT2D eigenvalue weighted by molar-refractivity contribution is 7.89. The number of carbonyl (C=O) groups is 1. The molecule has 1 saturated heterocycles. The quantitative estimate of drug-likeness (QED) is 0.605. The molecule has 32 heavy (non-hydrogen) atoms. The van der Waals surface area contributed by atoms with Crippen molar-refractivity contribution < 1.29 is 18.1 Å². The minimum absolute atomic E-state index is 0.0885. The Hall–Kier alpha value is -3.00. The zero-order valence-corrected chi connectivity index (χ0v) is 18.9. The van der Waals surface area contributed by atoms with E-state index in [1.165, 1.54) is 4.31 Å². The first-order valence-corrected chi connectivity index (χ1v) is 12.2. The molecule has 1 heterocycles. The van der Waals surface area contributed by atoms with Crippen LogP contribution in [0.5, 0.6) is 0 Å². The number of nitrogens with zero attached hydrogens (tertiary/aromatic N) is 1. The van der Waals surface area contributed by atoms with Crippen molar-refractivity contribution in [1.29, 1.82) is 0 Å². The number of amides is 1. The molecule has 6 nitrogen and oxygen atoms in total. The van der Waals surface area contributed by atoms with Crippen LogP contribution in [0, 0.1) is 6.92 Å². The van der Waals surface area contributed by atoms with Gasteiger partial charge in [0.15, 0.2) is 6.04 Å². The van der Waals surface area contributed by atoms with Crippen LogP contribution in [0.1, 0.15) is 17.2 Å². The van der Waals surface area contributed by atoms with Gasteiger partial charge in [-0.15, -0.1) is 0 Å². The molecule has 1 atom stereocenters. The van der Waals surface area contributed by atoms with Crippen molar-refractivity contribution in [1.82, 2.24) is 4.31 Å². The molecule has 3 aromatic rings. The van der Waals surface area contributed by atoms with E-state index in [0.29, 0.717) is 31.1 Å². The number of rotatable bonds is 6. The molecule has 0 radical (unpaired) electrons. The Kier molecular flexibility index (Phi) is 6.69. The molecule has 0 spiro atoms. The van der Waals surface area contributed by atoms with Gasteiger partial charge in [0.25, 0.3) is 5.91 Å². The van der Waals surface area contributed by atoms with Gasteiger partial charge in [0.2, 0.25) is 10.0 Å². The lowest BCUT2D eigenvalue weighted by Crippen LogP contribution is -3.16. The summed E-state index contributed by atoms with van der Waals surface area (Å²) >= 11 is 0. The van der Waals surface area contributed by atoms with Crippen molar-refractivity contribution in [3.05, 3.63) is 96.1 Å². The second kappa shape index (κ2) is 9.65. The number of hydrogen-bond acceptors (Lipinski definition) is 3. The molecule has 0 bridgehead atoms. The summed E-state index contributed by atoms with van der Waals surface area (Å²) in [6.45, 7) is 3.84. The lowest BCUT2D eigenvalue weighted by molar-refractivity contribution is -0.925. The standard InChI is InChI=1S/C25H27N3O3S/c1-20-12-14-22(15-13-20)26-25(29)24(21-8-4-2-5-9-21)27-16-18-28(19-17-27)32(30,31)23-10-6-3-7-11-23/h2-15,24H,16-19H2,1H3,(H,26,29)/p+1/t24-/m1/s1. The van der Waals surface area contributed by atoms with Crippen molar-refractivity contribution in [3.63, 3.8) is 0 Å². The van der Waals surface area contributed by atoms with Crippen LogP contribution in [0.25, 0.3) is 0 Å². The zero-order valence-electron chi connectivity index (χ0n) is 18.1. The smallest absolute Gasteiger partial charge is 0.287 e. The number of quaternary nitrogens is 1. The van der Waals surface area contributed by atoms with E-state index in [2.05, 4.69) is 5.32 Å². The summed E-state index contributed by atoms with van der Waals surface area (Å²) in [5.41, 5.74) is 2.81. The van der Waals surface area contributed by atoms with Crippen LogP contribution in [0.4, 0.5) is 5.69 Å². The number of piperazine rings is 1. The van der Waals surface area contributed by atoms with E-state index >= 15 is 0 Å². The number of anilines is 1. The molecule has 166 valence electrons. The van der Waals surface area contributed by atoms with Crippen molar-refractivity contribution in [2.45, 2.75) is 17.9 Å². The van der Waals surface area contributed by atoms with E-state index in [1.54, 1.807) is 30.3 Å². The summed E-state index contributed by atoms with van der Waals surface area (Å²) in [4.78, 5) is 14.7. The van der Waals surface area contributed by atoms with E-state index in [1.807, 2.05) is 61.5 Å². The predicted octanol–water partition coefficient (Wildman–Crippen LogP) is 2.26. The van der Waals surface area contributed by atoms with Crippen LogP contribution in [0.3, 0.4) is 0 Å². The number of benzene rings is 3. The van der Waals surface area contributed by atoms with Gasteiger partial charge in [0.1, 0.15) is 0 Å². The summed E-state index contributed by atoms with van der Waals surface area (Å²) in [7, 11) is -3.53. The minimum Gasteiger partial charge on any atom is -0.321 e. The fraction of sp³-hybridized carbons (Fsp3) is 0.240. The number of nitrogens with one attached hydrogen (secondary N) is 2. The van der Waals surface area contributed by atoms with Crippen molar-refractivity contribution >= 4 is 21.6 Å². The topological polar surface area (TPSA) is 70.9 Å². The molecule has 1 aliphatic rings. The summed E-state index contributed by atoms with van der Waals surface area (Å²) in [5.74, 6) is -0.0885. The Labute approximate surface area is 189 Å². The number of hydrogen-bond donors (Lipinski definition) is 2. The molecule has 0 unspecified atom stereocenters. The van der Waals surface area contributed by atoms with E-state index in [-0.39, 0.29) is 5.91 Å². The summed E-state index contributed by atoms with van der Waals surface area (Å²) < 4.78 is 27.5. The lowest BCUT2D eigenvalue weighted by atomic mass is 10.0. The largest absolute Gasteiger partial charge is 0.321 e. The monoisotopic (exact) mass is 450 g/mol. The van der Waals surface area contributed by atoms with Gasteiger partial charge < -0.3 is 10.2 Å². The Balaban J connectivity index is 1.52. The van der Waals surface area contributed by atoms with E-state index in [0.717, 1.165) is 21.7 Å². The van der Waals surface area contributed by atoms with Crippen LogP contribution in [0.2, 0.25) is 0 Å². The molecule has 0 aromatic heterocycles. The highest BCUT2D eigenvalue weighted by Crippen LogP contribution is 2.18. The second-order valence-electron chi connectivity index (χ2n) is 8.07. The van der Waals surface area contributed by atoms with Crippen molar-refractivity contribution in [3.8, 4) is 0 Å². The van der Waals surface area contributed by atoms with Crippen molar-refractivity contribution in [2.75, 3.05) is 31.5 Å². The molecule has 7 heteroatoms. The normalized spacial score (nSPS) is 16.4. The van der Waals surface area contributed by atoms with Gasteiger partial charge in [0.05, 0.1) is 31.1 Å². The maximum atomic E-state index is 13.3. The molecule has 0 saturated carbocycles. The van der Waals surface area contributed by atoms with Crippen LogP contribution in [-0.2, 0) is 14.8 Å². The Morgan fingerprint density at radius 1 is 0.875 bits per heavy atom. The van der Waals surface area contributed by atoms with Gasteiger partial charge >= 0.3 is 0 Å². The maximum Gasteiger partial charge on any atom is 0.287 e. The highest BCUT2D eigenvalue weighted by Gasteiger charge is 2.37.